The van der Waals surface area contributed by atoms with E-state index in [-0.39, 0.29) is 0 Å². The molecule has 4 N–H and O–H groups in total. The summed E-state index contributed by atoms with van der Waals surface area (Å²) in [4.78, 5) is 0. The Hall–Kier alpha value is -1.26. The summed E-state index contributed by atoms with van der Waals surface area (Å²) in [5.74, 6) is 0.718. The lowest BCUT2D eigenvalue weighted by atomic mass is 10.1. The van der Waals surface area contributed by atoms with E-state index < -0.39 is 0 Å². The molecular weight excluding hydrogens is 200 g/mol. The van der Waals surface area contributed by atoms with Gasteiger partial charge in [-0.2, -0.15) is 0 Å². The molecule has 0 bridgehead atoms. The van der Waals surface area contributed by atoms with E-state index >= 15 is 0 Å². The normalized spacial score (nSPS) is 27.9. The van der Waals surface area contributed by atoms with E-state index in [1.807, 2.05) is 6.07 Å². The third-order valence-electron chi connectivity index (χ3n) is 3.54. The summed E-state index contributed by atoms with van der Waals surface area (Å²) < 4.78 is 0. The lowest BCUT2D eigenvalue weighted by molar-refractivity contribution is 0.507. The quantitative estimate of drug-likeness (QED) is 0.703. The van der Waals surface area contributed by atoms with Gasteiger partial charge in [0, 0.05) is 12.6 Å². The van der Waals surface area contributed by atoms with Gasteiger partial charge in [-0.05, 0) is 37.3 Å². The van der Waals surface area contributed by atoms with Gasteiger partial charge < -0.3 is 11.2 Å². The number of nitrogens with one attached hydrogen (secondary N) is 2. The van der Waals surface area contributed by atoms with Crippen molar-refractivity contribution in [1.82, 2.24) is 5.53 Å². The monoisotopic (exact) mass is 218 g/mol. The highest BCUT2D eigenvalue weighted by Gasteiger charge is 2.26. The van der Waals surface area contributed by atoms with Crippen molar-refractivity contribution < 1.29 is 0 Å². The zero-order chi connectivity index (χ0) is 11.0. The summed E-state index contributed by atoms with van der Waals surface area (Å²) in [5.41, 5.74) is 14.7. The third-order valence-corrected chi connectivity index (χ3v) is 3.54. The van der Waals surface area contributed by atoms with E-state index in [0.717, 1.165) is 24.6 Å². The maximum absolute atomic E-state index is 5.94. The topological polar surface area (TPSA) is 53.3 Å². The first-order valence-electron chi connectivity index (χ1n) is 5.97. The van der Waals surface area contributed by atoms with Crippen LogP contribution in [0, 0.1) is 5.92 Å². The van der Waals surface area contributed by atoms with Crippen LogP contribution in [-0.2, 0) is 0 Å². The van der Waals surface area contributed by atoms with E-state index in [4.69, 9.17) is 5.73 Å². The van der Waals surface area contributed by atoms with Gasteiger partial charge in [-0.3, -0.25) is 5.01 Å². The largest absolute Gasteiger partial charge is 0.328 e. The lowest BCUT2D eigenvalue weighted by Gasteiger charge is -2.21. The van der Waals surface area contributed by atoms with Crippen molar-refractivity contribution in [3.63, 3.8) is 0 Å². The van der Waals surface area contributed by atoms with Crippen LogP contribution in [0.1, 0.15) is 19.3 Å². The molecule has 3 rings (SSSR count). The highest BCUT2D eigenvalue weighted by molar-refractivity contribution is 5.72. The van der Waals surface area contributed by atoms with Crippen LogP contribution in [0.4, 0.5) is 11.4 Å². The Morgan fingerprint density at radius 3 is 3.00 bits per heavy atom. The Morgan fingerprint density at radius 2 is 2.19 bits per heavy atom. The summed E-state index contributed by atoms with van der Waals surface area (Å²) in [6.45, 7) is 1.04. The number of nitrogens with two attached hydrogens (primary N) is 1. The molecule has 0 spiro atoms. The molecule has 1 aromatic rings. The van der Waals surface area contributed by atoms with E-state index in [1.165, 1.54) is 18.5 Å². The molecule has 0 unspecified atom stereocenters. The first-order chi connectivity index (χ1) is 7.83. The molecule has 4 nitrogen and oxygen atoms in total. The van der Waals surface area contributed by atoms with Gasteiger partial charge in [-0.25, -0.2) is 0 Å². The van der Waals surface area contributed by atoms with Crippen LogP contribution < -0.4 is 21.7 Å². The molecule has 1 aromatic carbocycles. The van der Waals surface area contributed by atoms with E-state index in [9.17, 15) is 0 Å². The summed E-state index contributed by atoms with van der Waals surface area (Å²) >= 11 is 0. The standard InChI is InChI=1S/C12H18N4/c13-10-6-5-9(7-10)8-16-12-4-2-1-3-11(12)14-15-16/h1-4,9-10,14-15H,5-8,13H2/t9-,10+/m0/s1. The number of hydrogen-bond acceptors (Lipinski definition) is 4. The number of rotatable bonds is 2. The minimum absolute atomic E-state index is 0.413. The minimum Gasteiger partial charge on any atom is -0.328 e. The average molecular weight is 218 g/mol. The van der Waals surface area contributed by atoms with E-state index in [0.29, 0.717) is 6.04 Å². The molecule has 1 aliphatic heterocycles. The SMILES string of the molecule is N[C@@H]1CC[C@H](CN2NNc3ccccc32)C1. The fourth-order valence-corrected chi connectivity index (χ4v) is 2.68. The molecule has 0 aromatic heterocycles. The predicted molar refractivity (Wildman–Crippen MR) is 65.9 cm³/mol. The van der Waals surface area contributed by atoms with Crippen LogP contribution in [-0.4, -0.2) is 12.6 Å². The molecule has 2 aliphatic rings. The number of hydrazine groups is 2. The summed E-state index contributed by atoms with van der Waals surface area (Å²) in [5, 5.41) is 2.19. The van der Waals surface area contributed by atoms with Crippen LogP contribution in [0.25, 0.3) is 0 Å². The number of anilines is 2. The van der Waals surface area contributed by atoms with Crippen LogP contribution in [0.3, 0.4) is 0 Å². The zero-order valence-electron chi connectivity index (χ0n) is 9.32. The molecule has 4 heteroatoms. The third kappa shape index (κ3) is 1.74. The van der Waals surface area contributed by atoms with Gasteiger partial charge in [0.2, 0.25) is 0 Å². The zero-order valence-corrected chi connectivity index (χ0v) is 9.32. The first kappa shape index (κ1) is 9.93. The summed E-state index contributed by atoms with van der Waals surface area (Å²) in [7, 11) is 0. The fourth-order valence-electron chi connectivity index (χ4n) is 2.68. The Bertz CT molecular complexity index is 379. The van der Waals surface area contributed by atoms with Gasteiger partial charge in [0.25, 0.3) is 0 Å². The highest BCUT2D eigenvalue weighted by atomic mass is 15.7. The second-order valence-electron chi connectivity index (χ2n) is 4.80. The van der Waals surface area contributed by atoms with Crippen molar-refractivity contribution >= 4 is 11.4 Å². The molecular formula is C12H18N4. The second kappa shape index (κ2) is 3.96. The van der Waals surface area contributed by atoms with Crippen LogP contribution in [0.5, 0.6) is 0 Å². The molecule has 2 atom stereocenters. The number of fused-ring (bicyclic) bond motifs is 1. The van der Waals surface area contributed by atoms with Crippen LogP contribution in [0.2, 0.25) is 0 Å². The fraction of sp³-hybridized carbons (Fsp3) is 0.500. The summed E-state index contributed by atoms with van der Waals surface area (Å²) in [6, 6.07) is 8.75. The molecule has 1 heterocycles. The first-order valence-corrected chi connectivity index (χ1v) is 5.97. The van der Waals surface area contributed by atoms with Crippen molar-refractivity contribution in [2.45, 2.75) is 25.3 Å². The van der Waals surface area contributed by atoms with Gasteiger partial charge >= 0.3 is 0 Å². The smallest absolute Gasteiger partial charge is 0.0782 e. The van der Waals surface area contributed by atoms with Gasteiger partial charge in [0.15, 0.2) is 0 Å². The van der Waals surface area contributed by atoms with Crippen molar-refractivity contribution in [2.75, 3.05) is 17.0 Å². The molecule has 0 radical (unpaired) electrons. The maximum atomic E-state index is 5.94. The number of benzene rings is 1. The van der Waals surface area contributed by atoms with Crippen LogP contribution >= 0.6 is 0 Å². The van der Waals surface area contributed by atoms with Gasteiger partial charge in [-0.1, -0.05) is 12.1 Å². The molecule has 0 saturated heterocycles. The lowest BCUT2D eigenvalue weighted by Crippen LogP contribution is -2.39. The number of hydrogen-bond donors (Lipinski definition) is 3. The Balaban J connectivity index is 1.69. The molecule has 16 heavy (non-hydrogen) atoms. The molecule has 0 amide bonds. The van der Waals surface area contributed by atoms with E-state index in [1.54, 1.807) is 0 Å². The van der Waals surface area contributed by atoms with Gasteiger partial charge in [0.1, 0.15) is 0 Å². The minimum atomic E-state index is 0.413. The van der Waals surface area contributed by atoms with Gasteiger partial charge in [-0.15, -0.1) is 5.53 Å². The molecule has 1 aliphatic carbocycles. The number of nitrogens with zero attached hydrogens (tertiary/aromatic N) is 1. The van der Waals surface area contributed by atoms with Crippen LogP contribution in [0.15, 0.2) is 24.3 Å². The maximum Gasteiger partial charge on any atom is 0.0782 e. The van der Waals surface area contributed by atoms with Crippen molar-refractivity contribution in [2.24, 2.45) is 11.7 Å². The highest BCUT2D eigenvalue weighted by Crippen LogP contribution is 2.31. The van der Waals surface area contributed by atoms with Crippen molar-refractivity contribution in [3.05, 3.63) is 24.3 Å². The van der Waals surface area contributed by atoms with E-state index in [2.05, 4.69) is 34.2 Å². The average Bonchev–Trinajstić information content (AvgIpc) is 2.87. The molecule has 1 saturated carbocycles. The van der Waals surface area contributed by atoms with Gasteiger partial charge in [0.05, 0.1) is 11.4 Å². The molecule has 1 fully saturated rings. The Morgan fingerprint density at radius 1 is 1.31 bits per heavy atom. The van der Waals surface area contributed by atoms with Crippen molar-refractivity contribution in [1.29, 1.82) is 0 Å². The molecule has 86 valence electrons. The predicted octanol–water partition coefficient (Wildman–Crippen LogP) is 1.47. The second-order valence-corrected chi connectivity index (χ2v) is 4.80. The van der Waals surface area contributed by atoms with Crippen molar-refractivity contribution in [3.8, 4) is 0 Å². The summed E-state index contributed by atoms with van der Waals surface area (Å²) in [6.07, 6.45) is 3.58. The number of para-hydroxylation sites is 2. The Labute approximate surface area is 95.7 Å². The Kier molecular flexibility index (Phi) is 2.46.